The lowest BCUT2D eigenvalue weighted by molar-refractivity contribution is -0.114. The van der Waals surface area contributed by atoms with Gasteiger partial charge in [-0.3, -0.25) is 4.79 Å². The Morgan fingerprint density at radius 1 is 1.05 bits per heavy atom. The molecule has 0 radical (unpaired) electrons. The molecule has 1 aromatic rings. The van der Waals surface area contributed by atoms with Crippen molar-refractivity contribution in [2.75, 3.05) is 6.66 Å². The monoisotopic (exact) mass is 306 g/mol. The molecular weight excluding hydrogens is 279 g/mol. The molecule has 1 atom stereocenters. The van der Waals surface area contributed by atoms with Crippen LogP contribution in [0.4, 0.5) is 0 Å². The van der Waals surface area contributed by atoms with E-state index in [1.54, 1.807) is 12.7 Å². The Hall–Kier alpha value is -1.14. The molecule has 2 nitrogen and oxygen atoms in total. The highest BCUT2D eigenvalue weighted by Gasteiger charge is 2.23. The van der Waals surface area contributed by atoms with E-state index >= 15 is 0 Å². The molecule has 0 saturated heterocycles. The first-order valence-corrected chi connectivity index (χ1v) is 10.0. The summed E-state index contributed by atoms with van der Waals surface area (Å²) in [5.41, 5.74) is 0. The van der Waals surface area contributed by atoms with E-state index in [0.29, 0.717) is 6.42 Å². The number of carbonyl (C=O) groups is 1. The molecule has 0 aliphatic rings. The van der Waals surface area contributed by atoms with Crippen LogP contribution >= 0.6 is 7.14 Å². The summed E-state index contributed by atoms with van der Waals surface area (Å²) in [6.07, 6.45) is 6.88. The summed E-state index contributed by atoms with van der Waals surface area (Å²) in [5.74, 6) is 0.112. The molecular formula is C18H27O2P. The van der Waals surface area contributed by atoms with Crippen LogP contribution in [0, 0.1) is 0 Å². The van der Waals surface area contributed by atoms with E-state index in [2.05, 4.69) is 13.8 Å². The van der Waals surface area contributed by atoms with Gasteiger partial charge in [0.05, 0.1) is 0 Å². The first-order chi connectivity index (χ1) is 10.0. The quantitative estimate of drug-likeness (QED) is 0.467. The molecule has 0 saturated carbocycles. The van der Waals surface area contributed by atoms with Gasteiger partial charge in [0.1, 0.15) is 7.14 Å². The molecule has 0 aromatic heterocycles. The van der Waals surface area contributed by atoms with Crippen molar-refractivity contribution in [2.24, 2.45) is 0 Å². The zero-order valence-electron chi connectivity index (χ0n) is 13.5. The number of allylic oxidation sites excluding steroid dienone is 2. The van der Waals surface area contributed by atoms with Crippen LogP contribution in [0.15, 0.2) is 41.7 Å². The van der Waals surface area contributed by atoms with Crippen LogP contribution in [0.3, 0.4) is 0 Å². The highest BCUT2D eigenvalue weighted by molar-refractivity contribution is 7.74. The summed E-state index contributed by atoms with van der Waals surface area (Å²) in [7, 11) is -2.63. The molecule has 1 aromatic carbocycles. The number of ketones is 1. The molecule has 0 amide bonds. The van der Waals surface area contributed by atoms with Gasteiger partial charge in [0.2, 0.25) is 0 Å². The third-order valence-corrected chi connectivity index (χ3v) is 6.42. The molecule has 0 N–H and O–H groups in total. The highest BCUT2D eigenvalue weighted by Crippen LogP contribution is 2.51. The van der Waals surface area contributed by atoms with Crippen LogP contribution in [0.5, 0.6) is 0 Å². The summed E-state index contributed by atoms with van der Waals surface area (Å²) < 4.78 is 13.2. The summed E-state index contributed by atoms with van der Waals surface area (Å²) in [6, 6.07) is 9.53. The number of hydrogen-bond donors (Lipinski definition) is 0. The summed E-state index contributed by atoms with van der Waals surface area (Å²) in [5, 5.41) is 1.67. The van der Waals surface area contributed by atoms with Gasteiger partial charge in [-0.25, -0.2) is 0 Å². The normalized spacial score (nSPS) is 14.7. The number of benzene rings is 1. The van der Waals surface area contributed by atoms with Crippen molar-refractivity contribution in [1.82, 2.24) is 0 Å². The van der Waals surface area contributed by atoms with Crippen molar-refractivity contribution in [2.45, 2.75) is 52.4 Å². The molecule has 0 bridgehead atoms. The SMILES string of the molecule is CCCCC(=O)/C=C(/CCCC)P(C)(=O)c1ccccc1. The topological polar surface area (TPSA) is 34.1 Å². The number of hydrogen-bond acceptors (Lipinski definition) is 2. The Morgan fingerprint density at radius 3 is 2.19 bits per heavy atom. The van der Waals surface area contributed by atoms with E-state index < -0.39 is 7.14 Å². The fourth-order valence-electron chi connectivity index (χ4n) is 2.25. The van der Waals surface area contributed by atoms with Gasteiger partial charge in [0.15, 0.2) is 5.78 Å². The third kappa shape index (κ3) is 5.63. The fourth-order valence-corrected chi connectivity index (χ4v) is 4.30. The summed E-state index contributed by atoms with van der Waals surface area (Å²) in [4.78, 5) is 12.1. The zero-order valence-corrected chi connectivity index (χ0v) is 14.4. The van der Waals surface area contributed by atoms with E-state index in [1.165, 1.54) is 0 Å². The van der Waals surface area contributed by atoms with Gasteiger partial charge in [-0.05, 0) is 37.3 Å². The average molecular weight is 306 g/mol. The number of carbonyl (C=O) groups excluding carboxylic acids is 1. The van der Waals surface area contributed by atoms with Gasteiger partial charge in [-0.2, -0.15) is 0 Å². The van der Waals surface area contributed by atoms with Crippen molar-refractivity contribution in [1.29, 1.82) is 0 Å². The lowest BCUT2D eigenvalue weighted by Gasteiger charge is -2.17. The molecule has 1 rings (SSSR count). The maximum atomic E-state index is 13.2. The average Bonchev–Trinajstić information content (AvgIpc) is 2.50. The second-order valence-electron chi connectivity index (χ2n) is 5.57. The van der Waals surface area contributed by atoms with Gasteiger partial charge >= 0.3 is 0 Å². The van der Waals surface area contributed by atoms with Crippen LogP contribution in [0.2, 0.25) is 0 Å². The predicted octanol–water partition coefficient (Wildman–Crippen LogP) is 5.14. The van der Waals surface area contributed by atoms with Gasteiger partial charge in [-0.1, -0.05) is 57.0 Å². The van der Waals surface area contributed by atoms with Crippen LogP contribution in [-0.4, -0.2) is 12.4 Å². The van der Waals surface area contributed by atoms with E-state index in [1.807, 2.05) is 30.3 Å². The Labute approximate surface area is 129 Å². The van der Waals surface area contributed by atoms with Crippen LogP contribution in [-0.2, 0) is 9.36 Å². The molecule has 0 spiro atoms. The van der Waals surface area contributed by atoms with Crippen LogP contribution in [0.25, 0.3) is 0 Å². The maximum absolute atomic E-state index is 13.2. The van der Waals surface area contributed by atoms with Crippen LogP contribution in [0.1, 0.15) is 52.4 Å². The molecule has 0 aliphatic heterocycles. The summed E-state index contributed by atoms with van der Waals surface area (Å²) >= 11 is 0. The lowest BCUT2D eigenvalue weighted by Crippen LogP contribution is -2.07. The van der Waals surface area contributed by atoms with Crippen molar-refractivity contribution in [3.63, 3.8) is 0 Å². The number of rotatable bonds is 9. The first kappa shape index (κ1) is 17.9. The van der Waals surface area contributed by atoms with Crippen molar-refractivity contribution >= 4 is 18.2 Å². The molecule has 0 fully saturated rings. The standard InChI is InChI=1S/C18H27O2P/c1-4-6-11-16(19)15-18(12-7-5-2)21(3,20)17-13-9-8-10-14-17/h8-10,13-15H,4-7,11-12H2,1-3H3/b18-15-. The zero-order chi connectivity index (χ0) is 15.7. The number of unbranched alkanes of at least 4 members (excludes halogenated alkanes) is 2. The fraction of sp³-hybridized carbons (Fsp3) is 0.500. The maximum Gasteiger partial charge on any atom is 0.156 e. The van der Waals surface area contributed by atoms with Gasteiger partial charge < -0.3 is 4.57 Å². The van der Waals surface area contributed by atoms with E-state index in [4.69, 9.17) is 0 Å². The molecule has 21 heavy (non-hydrogen) atoms. The minimum Gasteiger partial charge on any atom is -0.314 e. The van der Waals surface area contributed by atoms with E-state index in [9.17, 15) is 9.36 Å². The molecule has 116 valence electrons. The second-order valence-corrected chi connectivity index (χ2v) is 8.51. The lowest BCUT2D eigenvalue weighted by atomic mass is 10.1. The molecule has 1 unspecified atom stereocenters. The van der Waals surface area contributed by atoms with Gasteiger partial charge in [0.25, 0.3) is 0 Å². The highest BCUT2D eigenvalue weighted by atomic mass is 31.2. The Morgan fingerprint density at radius 2 is 1.62 bits per heavy atom. The Kier molecular flexibility index (Phi) is 7.67. The minimum absolute atomic E-state index is 0.112. The first-order valence-electron chi connectivity index (χ1n) is 7.89. The van der Waals surface area contributed by atoms with Gasteiger partial charge in [0, 0.05) is 11.7 Å². The second kappa shape index (κ2) is 9.00. The van der Waals surface area contributed by atoms with Crippen molar-refractivity contribution < 1.29 is 9.36 Å². The Bertz CT molecular complexity index is 517. The third-order valence-electron chi connectivity index (χ3n) is 3.69. The minimum atomic E-state index is -2.63. The Balaban J connectivity index is 3.03. The van der Waals surface area contributed by atoms with E-state index in [-0.39, 0.29) is 5.78 Å². The predicted molar refractivity (Wildman–Crippen MR) is 91.7 cm³/mol. The smallest absolute Gasteiger partial charge is 0.156 e. The molecule has 0 heterocycles. The molecule has 0 aliphatic carbocycles. The van der Waals surface area contributed by atoms with Crippen molar-refractivity contribution in [3.05, 3.63) is 41.7 Å². The molecule has 3 heteroatoms. The largest absolute Gasteiger partial charge is 0.314 e. The van der Waals surface area contributed by atoms with Crippen LogP contribution < -0.4 is 5.30 Å². The van der Waals surface area contributed by atoms with Gasteiger partial charge in [-0.15, -0.1) is 0 Å². The summed E-state index contributed by atoms with van der Waals surface area (Å²) in [6.45, 7) is 5.97. The van der Waals surface area contributed by atoms with Crippen molar-refractivity contribution in [3.8, 4) is 0 Å². The van der Waals surface area contributed by atoms with E-state index in [0.717, 1.165) is 42.7 Å².